The summed E-state index contributed by atoms with van der Waals surface area (Å²) in [6, 6.07) is 4.61. The number of aromatic nitrogens is 3. The van der Waals surface area contributed by atoms with E-state index in [2.05, 4.69) is 20.5 Å². The fourth-order valence-electron chi connectivity index (χ4n) is 2.07. The zero-order valence-electron chi connectivity index (χ0n) is 12.4. The molecule has 9 heteroatoms. The minimum atomic E-state index is -0.465. The smallest absolute Gasteiger partial charge is 0.274 e. The van der Waals surface area contributed by atoms with Crippen LogP contribution >= 0.6 is 11.8 Å². The lowest BCUT2D eigenvalue weighted by atomic mass is 10.2. The van der Waals surface area contributed by atoms with Crippen LogP contribution in [0.2, 0.25) is 0 Å². The van der Waals surface area contributed by atoms with Crippen molar-refractivity contribution in [3.8, 4) is 0 Å². The van der Waals surface area contributed by atoms with Gasteiger partial charge in [0.1, 0.15) is 5.82 Å². The number of nitro groups is 1. The molecule has 23 heavy (non-hydrogen) atoms. The van der Waals surface area contributed by atoms with Gasteiger partial charge in [0.25, 0.3) is 5.69 Å². The third kappa shape index (κ3) is 3.86. The van der Waals surface area contributed by atoms with Crippen LogP contribution in [0.4, 0.5) is 11.4 Å². The maximum absolute atomic E-state index is 11.9. The van der Waals surface area contributed by atoms with E-state index in [1.807, 2.05) is 0 Å². The SMILES string of the molecule is Cc1ccc(NC(=O)CSc2n[nH]c(C3CC3)n2)cc1[N+](=O)[O-]. The Morgan fingerprint density at radius 2 is 2.30 bits per heavy atom. The molecule has 1 amide bonds. The Hall–Kier alpha value is -2.42. The van der Waals surface area contributed by atoms with Crippen molar-refractivity contribution in [1.82, 2.24) is 15.2 Å². The van der Waals surface area contributed by atoms with E-state index in [-0.39, 0.29) is 17.3 Å². The van der Waals surface area contributed by atoms with Crippen LogP contribution in [-0.4, -0.2) is 31.8 Å². The lowest BCUT2D eigenvalue weighted by Gasteiger charge is -2.05. The molecule has 1 fully saturated rings. The number of carbonyl (C=O) groups is 1. The number of aryl methyl sites for hydroxylation is 1. The second kappa shape index (κ2) is 6.37. The molecule has 120 valence electrons. The number of nitrogens with zero attached hydrogens (tertiary/aromatic N) is 3. The Kier molecular flexibility index (Phi) is 4.28. The molecule has 0 atom stereocenters. The summed E-state index contributed by atoms with van der Waals surface area (Å²) in [7, 11) is 0. The number of hydrogen-bond donors (Lipinski definition) is 2. The number of thioether (sulfide) groups is 1. The first kappa shape index (κ1) is 15.5. The summed E-state index contributed by atoms with van der Waals surface area (Å²) in [5, 5.41) is 21.0. The van der Waals surface area contributed by atoms with Crippen LogP contribution in [0.5, 0.6) is 0 Å². The van der Waals surface area contributed by atoms with Crippen molar-refractivity contribution in [3.63, 3.8) is 0 Å². The number of hydrogen-bond acceptors (Lipinski definition) is 6. The van der Waals surface area contributed by atoms with E-state index in [0.717, 1.165) is 18.7 Å². The molecule has 1 heterocycles. The molecule has 1 saturated carbocycles. The minimum absolute atomic E-state index is 0.0153. The molecule has 1 aliphatic rings. The Morgan fingerprint density at radius 1 is 1.52 bits per heavy atom. The largest absolute Gasteiger partial charge is 0.325 e. The number of H-pyrrole nitrogens is 1. The summed E-state index contributed by atoms with van der Waals surface area (Å²) < 4.78 is 0. The maximum atomic E-state index is 11.9. The quantitative estimate of drug-likeness (QED) is 0.477. The first-order valence-corrected chi connectivity index (χ1v) is 8.11. The van der Waals surface area contributed by atoms with Crippen LogP contribution in [-0.2, 0) is 4.79 Å². The van der Waals surface area contributed by atoms with Gasteiger partial charge in [-0.25, -0.2) is 4.98 Å². The molecule has 1 aliphatic carbocycles. The average molecular weight is 333 g/mol. The minimum Gasteiger partial charge on any atom is -0.325 e. The monoisotopic (exact) mass is 333 g/mol. The van der Waals surface area contributed by atoms with Crippen LogP contribution < -0.4 is 5.32 Å². The zero-order chi connectivity index (χ0) is 16.4. The van der Waals surface area contributed by atoms with Gasteiger partial charge in [0, 0.05) is 23.2 Å². The molecule has 2 aromatic rings. The number of nitrogens with one attached hydrogen (secondary N) is 2. The van der Waals surface area contributed by atoms with Gasteiger partial charge < -0.3 is 5.32 Å². The first-order chi connectivity index (χ1) is 11.0. The van der Waals surface area contributed by atoms with Gasteiger partial charge in [0.05, 0.1) is 10.7 Å². The lowest BCUT2D eigenvalue weighted by molar-refractivity contribution is -0.385. The van der Waals surface area contributed by atoms with Crippen LogP contribution in [0.15, 0.2) is 23.4 Å². The van der Waals surface area contributed by atoms with Gasteiger partial charge >= 0.3 is 0 Å². The molecular weight excluding hydrogens is 318 g/mol. The van der Waals surface area contributed by atoms with E-state index in [1.165, 1.54) is 17.8 Å². The van der Waals surface area contributed by atoms with E-state index < -0.39 is 4.92 Å². The topological polar surface area (TPSA) is 114 Å². The number of carbonyl (C=O) groups excluding carboxylic acids is 1. The van der Waals surface area contributed by atoms with Crippen LogP contribution in [0, 0.1) is 17.0 Å². The van der Waals surface area contributed by atoms with Crippen molar-refractivity contribution < 1.29 is 9.72 Å². The summed E-state index contributed by atoms with van der Waals surface area (Å²) in [4.78, 5) is 26.7. The Morgan fingerprint density at radius 3 is 3.00 bits per heavy atom. The van der Waals surface area contributed by atoms with Crippen molar-refractivity contribution in [2.45, 2.75) is 30.8 Å². The van der Waals surface area contributed by atoms with Gasteiger partial charge in [-0.05, 0) is 25.8 Å². The van der Waals surface area contributed by atoms with E-state index >= 15 is 0 Å². The van der Waals surface area contributed by atoms with Gasteiger partial charge in [-0.3, -0.25) is 20.0 Å². The van der Waals surface area contributed by atoms with Crippen LogP contribution in [0.3, 0.4) is 0 Å². The maximum Gasteiger partial charge on any atom is 0.274 e. The van der Waals surface area contributed by atoms with Crippen molar-refractivity contribution in [3.05, 3.63) is 39.7 Å². The highest BCUT2D eigenvalue weighted by Crippen LogP contribution is 2.38. The van der Waals surface area contributed by atoms with Gasteiger partial charge in [0.15, 0.2) is 0 Å². The number of amides is 1. The second-order valence-electron chi connectivity index (χ2n) is 5.37. The summed E-state index contributed by atoms with van der Waals surface area (Å²) in [6.45, 7) is 1.65. The van der Waals surface area contributed by atoms with Crippen LogP contribution in [0.25, 0.3) is 0 Å². The van der Waals surface area contributed by atoms with Gasteiger partial charge in [-0.1, -0.05) is 17.8 Å². The number of benzene rings is 1. The molecule has 0 spiro atoms. The highest BCUT2D eigenvalue weighted by molar-refractivity contribution is 7.99. The van der Waals surface area contributed by atoms with Gasteiger partial charge in [-0.15, -0.1) is 5.10 Å². The van der Waals surface area contributed by atoms with Crippen molar-refractivity contribution >= 4 is 29.0 Å². The Balaban J connectivity index is 1.56. The Labute approximate surface area is 136 Å². The highest BCUT2D eigenvalue weighted by Gasteiger charge is 2.27. The standard InChI is InChI=1S/C14H15N5O3S/c1-8-2-5-10(6-11(8)19(21)22)15-12(20)7-23-14-16-13(17-18-14)9-3-4-9/h2,5-6,9H,3-4,7H2,1H3,(H,15,20)(H,16,17,18). The number of anilines is 1. The molecular formula is C14H15N5O3S. The van der Waals surface area contributed by atoms with E-state index in [9.17, 15) is 14.9 Å². The summed E-state index contributed by atoms with van der Waals surface area (Å²) in [6.07, 6.45) is 2.26. The predicted molar refractivity (Wildman–Crippen MR) is 85.5 cm³/mol. The molecule has 2 N–H and O–H groups in total. The highest BCUT2D eigenvalue weighted by atomic mass is 32.2. The summed E-state index contributed by atoms with van der Waals surface area (Å²) in [5.41, 5.74) is 0.941. The Bertz CT molecular complexity index is 757. The normalized spacial score (nSPS) is 13.8. The van der Waals surface area contributed by atoms with Crippen LogP contribution in [0.1, 0.15) is 30.1 Å². The first-order valence-electron chi connectivity index (χ1n) is 7.13. The van der Waals surface area contributed by atoms with Crippen molar-refractivity contribution in [1.29, 1.82) is 0 Å². The predicted octanol–water partition coefficient (Wildman–Crippen LogP) is 2.63. The van der Waals surface area contributed by atoms with E-state index in [1.54, 1.807) is 19.1 Å². The average Bonchev–Trinajstić information content (AvgIpc) is 3.26. The molecule has 0 unspecified atom stereocenters. The summed E-state index contributed by atoms with van der Waals surface area (Å²) >= 11 is 1.23. The number of nitro benzene ring substituents is 1. The summed E-state index contributed by atoms with van der Waals surface area (Å²) in [5.74, 6) is 1.25. The van der Waals surface area contributed by atoms with Crippen molar-refractivity contribution in [2.24, 2.45) is 0 Å². The molecule has 1 aromatic heterocycles. The number of aromatic amines is 1. The number of rotatable bonds is 6. The third-order valence-electron chi connectivity index (χ3n) is 3.47. The lowest BCUT2D eigenvalue weighted by Crippen LogP contribution is -2.14. The zero-order valence-corrected chi connectivity index (χ0v) is 13.2. The molecule has 0 aliphatic heterocycles. The fourth-order valence-corrected chi connectivity index (χ4v) is 2.68. The molecule has 3 rings (SSSR count). The van der Waals surface area contributed by atoms with E-state index in [0.29, 0.717) is 22.3 Å². The molecule has 1 aromatic carbocycles. The molecule has 8 nitrogen and oxygen atoms in total. The molecule has 0 saturated heterocycles. The third-order valence-corrected chi connectivity index (χ3v) is 4.32. The fraction of sp³-hybridized carbons (Fsp3) is 0.357. The second-order valence-corrected chi connectivity index (χ2v) is 6.32. The molecule has 0 bridgehead atoms. The van der Waals surface area contributed by atoms with Gasteiger partial charge in [0.2, 0.25) is 11.1 Å². The van der Waals surface area contributed by atoms with Crippen molar-refractivity contribution in [2.75, 3.05) is 11.1 Å². The van der Waals surface area contributed by atoms with E-state index in [4.69, 9.17) is 0 Å². The van der Waals surface area contributed by atoms with Gasteiger partial charge in [-0.2, -0.15) is 0 Å². The molecule has 0 radical (unpaired) electrons.